The second kappa shape index (κ2) is 8.23. The molecule has 0 aliphatic rings. The molecule has 0 radical (unpaired) electrons. The maximum absolute atomic E-state index is 13.2. The first-order valence-corrected chi connectivity index (χ1v) is 9.45. The maximum atomic E-state index is 13.2. The van der Waals surface area contributed by atoms with Crippen LogP contribution in [0.4, 0.5) is 13.2 Å². The highest BCUT2D eigenvalue weighted by atomic mass is 19.4. The van der Waals surface area contributed by atoms with Crippen molar-refractivity contribution in [2.45, 2.75) is 39.3 Å². The summed E-state index contributed by atoms with van der Waals surface area (Å²) < 4.78 is 45.0. The molecule has 0 aliphatic carbocycles. The van der Waals surface area contributed by atoms with Gasteiger partial charge in [-0.1, -0.05) is 31.7 Å². The lowest BCUT2D eigenvalue weighted by atomic mass is 9.94. The fourth-order valence-corrected chi connectivity index (χ4v) is 3.35. The number of nitrogens with zero attached hydrogens (tertiary/aromatic N) is 2. The summed E-state index contributed by atoms with van der Waals surface area (Å²) in [5, 5.41) is 0.723. The lowest BCUT2D eigenvalue weighted by molar-refractivity contribution is -0.137. The fraction of sp³-hybridized carbons (Fsp3) is 0.304. The molecular weight excluding hydrogens is 377 g/mol. The molecule has 0 saturated heterocycles. The average molecular weight is 400 g/mol. The Kier molecular flexibility index (Phi) is 5.91. The molecule has 1 unspecified atom stereocenters. The quantitative estimate of drug-likeness (QED) is 0.434. The second-order valence-electron chi connectivity index (χ2n) is 7.05. The summed E-state index contributed by atoms with van der Waals surface area (Å²) in [6.45, 7) is 10.2. The molecule has 1 atom stereocenters. The zero-order chi connectivity index (χ0) is 21.2. The molecule has 1 heterocycles. The van der Waals surface area contributed by atoms with Crippen LogP contribution in [0.5, 0.6) is 0 Å². The van der Waals surface area contributed by atoms with Gasteiger partial charge in [0.2, 0.25) is 0 Å². The van der Waals surface area contributed by atoms with Crippen molar-refractivity contribution in [3.05, 3.63) is 71.8 Å². The number of allylic oxidation sites excluding steroid dienone is 1. The smallest absolute Gasteiger partial charge is 0.416 e. The number of aromatic nitrogens is 2. The van der Waals surface area contributed by atoms with Gasteiger partial charge < -0.3 is 4.74 Å². The van der Waals surface area contributed by atoms with Crippen molar-refractivity contribution in [3.63, 3.8) is 0 Å². The van der Waals surface area contributed by atoms with Gasteiger partial charge in [-0.05, 0) is 49.6 Å². The number of benzene rings is 2. The van der Waals surface area contributed by atoms with Crippen LogP contribution >= 0.6 is 0 Å². The molecule has 0 amide bonds. The Balaban J connectivity index is 2.09. The van der Waals surface area contributed by atoms with Crippen molar-refractivity contribution < 1.29 is 17.9 Å². The predicted octanol–water partition coefficient (Wildman–Crippen LogP) is 6.67. The molecule has 3 aromatic rings. The Morgan fingerprint density at radius 3 is 2.59 bits per heavy atom. The minimum Gasteiger partial charge on any atom is -0.499 e. The summed E-state index contributed by atoms with van der Waals surface area (Å²) in [4.78, 5) is 8.91. The monoisotopic (exact) mass is 400 g/mol. The summed E-state index contributed by atoms with van der Waals surface area (Å²) >= 11 is 0. The van der Waals surface area contributed by atoms with Gasteiger partial charge in [-0.3, -0.25) is 0 Å². The van der Waals surface area contributed by atoms with Crippen molar-refractivity contribution in [2.75, 3.05) is 6.61 Å². The predicted molar refractivity (Wildman–Crippen MR) is 109 cm³/mol. The van der Waals surface area contributed by atoms with Crippen LogP contribution in [-0.2, 0) is 10.9 Å². The van der Waals surface area contributed by atoms with Gasteiger partial charge in [0.05, 0.1) is 29.1 Å². The highest BCUT2D eigenvalue weighted by Gasteiger charge is 2.30. The Hall–Kier alpha value is -2.89. The number of alkyl halides is 3. The minimum atomic E-state index is -4.41. The molecular formula is C23H23F3N2O. The Morgan fingerprint density at radius 2 is 1.90 bits per heavy atom. The molecule has 3 rings (SSSR count). The molecule has 152 valence electrons. The summed E-state index contributed by atoms with van der Waals surface area (Å²) in [6, 6.07) is 11.1. The van der Waals surface area contributed by atoms with Gasteiger partial charge in [0.25, 0.3) is 0 Å². The van der Waals surface area contributed by atoms with E-state index in [1.165, 1.54) is 6.07 Å². The van der Waals surface area contributed by atoms with E-state index in [1.807, 2.05) is 25.1 Å². The van der Waals surface area contributed by atoms with Crippen molar-refractivity contribution in [3.8, 4) is 11.3 Å². The highest BCUT2D eigenvalue weighted by molar-refractivity contribution is 5.93. The Morgan fingerprint density at radius 1 is 1.14 bits per heavy atom. The molecule has 0 bridgehead atoms. The van der Waals surface area contributed by atoms with E-state index in [0.717, 1.165) is 23.1 Å². The zero-order valence-electron chi connectivity index (χ0n) is 16.7. The number of fused-ring (bicyclic) bond motifs is 1. The van der Waals surface area contributed by atoms with E-state index in [-0.39, 0.29) is 5.92 Å². The van der Waals surface area contributed by atoms with E-state index in [4.69, 9.17) is 4.74 Å². The molecule has 0 fully saturated rings. The normalized spacial score (nSPS) is 12.8. The van der Waals surface area contributed by atoms with Crippen LogP contribution < -0.4 is 0 Å². The molecule has 2 aromatic carbocycles. The van der Waals surface area contributed by atoms with Crippen LogP contribution in [0, 0.1) is 6.92 Å². The molecule has 29 heavy (non-hydrogen) atoms. The van der Waals surface area contributed by atoms with E-state index in [1.54, 1.807) is 13.0 Å². The van der Waals surface area contributed by atoms with Gasteiger partial charge in [-0.15, -0.1) is 0 Å². The number of aryl methyl sites for hydroxylation is 1. The summed E-state index contributed by atoms with van der Waals surface area (Å²) in [6.07, 6.45) is -3.75. The number of rotatable bonds is 6. The molecule has 0 spiro atoms. The Bertz CT molecular complexity index is 1040. The molecule has 1 aromatic heterocycles. The molecule has 0 N–H and O–H groups in total. The molecule has 0 saturated carbocycles. The van der Waals surface area contributed by atoms with E-state index in [2.05, 4.69) is 23.5 Å². The first-order chi connectivity index (χ1) is 13.7. The van der Waals surface area contributed by atoms with E-state index in [0.29, 0.717) is 41.4 Å². The van der Waals surface area contributed by atoms with Crippen LogP contribution in [0.2, 0.25) is 0 Å². The first kappa shape index (κ1) is 20.8. The summed E-state index contributed by atoms with van der Waals surface area (Å²) in [5.74, 6) is 1.35. The van der Waals surface area contributed by atoms with E-state index < -0.39 is 11.7 Å². The lowest BCUT2D eigenvalue weighted by Crippen LogP contribution is -2.05. The second-order valence-corrected chi connectivity index (χ2v) is 7.05. The standard InChI is InChI=1S/C23H23F3N2O/c1-5-29-15(3)11-14(2)17-9-10-21-20(13-17)22(28-16(4)27-21)18-7-6-8-19(12-18)23(24,25)26/h6-10,12-14H,3,5,11H2,1-2,4H3. The average Bonchev–Trinajstić information content (AvgIpc) is 2.66. The first-order valence-electron chi connectivity index (χ1n) is 9.45. The fourth-order valence-electron chi connectivity index (χ4n) is 3.35. The SMILES string of the molecule is C=C(CC(C)c1ccc2nc(C)nc(-c3cccc(C(F)(F)F)c3)c2c1)OCC. The van der Waals surface area contributed by atoms with Gasteiger partial charge in [-0.2, -0.15) is 13.2 Å². The third-order valence-electron chi connectivity index (χ3n) is 4.75. The topological polar surface area (TPSA) is 35.0 Å². The van der Waals surface area contributed by atoms with E-state index in [9.17, 15) is 13.2 Å². The Labute approximate surface area is 168 Å². The number of ether oxygens (including phenoxy) is 1. The third kappa shape index (κ3) is 4.75. The van der Waals surface area contributed by atoms with Gasteiger partial charge in [-0.25, -0.2) is 9.97 Å². The number of hydrogen-bond acceptors (Lipinski definition) is 3. The van der Waals surface area contributed by atoms with Crippen LogP contribution in [0.15, 0.2) is 54.8 Å². The molecule has 0 aliphatic heterocycles. The van der Waals surface area contributed by atoms with Crippen molar-refractivity contribution >= 4 is 10.9 Å². The lowest BCUT2D eigenvalue weighted by Gasteiger charge is -2.16. The van der Waals surface area contributed by atoms with Gasteiger partial charge in [0.1, 0.15) is 5.82 Å². The van der Waals surface area contributed by atoms with Gasteiger partial charge >= 0.3 is 6.18 Å². The van der Waals surface area contributed by atoms with Crippen molar-refractivity contribution in [2.24, 2.45) is 0 Å². The molecule has 3 nitrogen and oxygen atoms in total. The maximum Gasteiger partial charge on any atom is 0.416 e. The third-order valence-corrected chi connectivity index (χ3v) is 4.75. The van der Waals surface area contributed by atoms with Crippen molar-refractivity contribution in [1.29, 1.82) is 0 Å². The zero-order valence-corrected chi connectivity index (χ0v) is 16.7. The van der Waals surface area contributed by atoms with Crippen LogP contribution in [0.1, 0.15) is 43.1 Å². The highest BCUT2D eigenvalue weighted by Crippen LogP contribution is 2.35. The van der Waals surface area contributed by atoms with Gasteiger partial charge in [0, 0.05) is 17.4 Å². The largest absolute Gasteiger partial charge is 0.499 e. The summed E-state index contributed by atoms with van der Waals surface area (Å²) in [7, 11) is 0. The van der Waals surface area contributed by atoms with Crippen LogP contribution in [0.3, 0.4) is 0 Å². The van der Waals surface area contributed by atoms with Crippen LogP contribution in [0.25, 0.3) is 22.2 Å². The number of halogens is 3. The van der Waals surface area contributed by atoms with E-state index >= 15 is 0 Å². The van der Waals surface area contributed by atoms with Crippen LogP contribution in [-0.4, -0.2) is 16.6 Å². The minimum absolute atomic E-state index is 0.133. The summed E-state index contributed by atoms with van der Waals surface area (Å²) in [5.41, 5.74) is 1.94. The van der Waals surface area contributed by atoms with Gasteiger partial charge in [0.15, 0.2) is 0 Å². The molecule has 6 heteroatoms. The number of hydrogen-bond donors (Lipinski definition) is 0. The van der Waals surface area contributed by atoms with Crippen molar-refractivity contribution in [1.82, 2.24) is 9.97 Å².